The molecule has 34 heavy (non-hydrogen) atoms. The fourth-order valence-electron chi connectivity index (χ4n) is 3.89. The molecule has 0 saturated carbocycles. The molecule has 1 aromatic heterocycles. The highest BCUT2D eigenvalue weighted by atomic mass is 32.2. The number of hydrogen-bond acceptors (Lipinski definition) is 6. The van der Waals surface area contributed by atoms with E-state index in [2.05, 4.69) is 15.5 Å². The minimum Gasteiger partial charge on any atom is -0.382 e. The van der Waals surface area contributed by atoms with Crippen LogP contribution in [0.15, 0.2) is 63.6 Å². The van der Waals surface area contributed by atoms with Gasteiger partial charge in [0.15, 0.2) is 0 Å². The molecule has 9 heteroatoms. The number of ether oxygens (including phenoxy) is 1. The van der Waals surface area contributed by atoms with E-state index >= 15 is 0 Å². The van der Waals surface area contributed by atoms with Crippen molar-refractivity contribution >= 4 is 23.4 Å². The molecule has 2 aromatic carbocycles. The number of nitrogens with one attached hydrogen (secondary N) is 1. The maximum atomic E-state index is 13.6. The van der Waals surface area contributed by atoms with Crippen molar-refractivity contribution in [2.24, 2.45) is 0 Å². The average Bonchev–Trinajstić information content (AvgIpc) is 3.33. The number of thioether (sulfide) groups is 1. The first-order valence-corrected chi connectivity index (χ1v) is 12.3. The van der Waals surface area contributed by atoms with Gasteiger partial charge in [-0.3, -0.25) is 4.90 Å². The lowest BCUT2D eigenvalue weighted by Gasteiger charge is -2.35. The molecule has 0 spiro atoms. The Morgan fingerprint density at radius 3 is 2.59 bits per heavy atom. The van der Waals surface area contributed by atoms with Crippen molar-refractivity contribution < 1.29 is 18.4 Å². The minimum absolute atomic E-state index is 0.237. The van der Waals surface area contributed by atoms with Crippen LogP contribution in [0.1, 0.15) is 37.8 Å². The molecule has 0 saturated heterocycles. The number of carbonyl (C=O) groups is 1. The second kappa shape index (κ2) is 10.8. The van der Waals surface area contributed by atoms with Gasteiger partial charge in [-0.1, -0.05) is 17.3 Å². The summed E-state index contributed by atoms with van der Waals surface area (Å²) in [6, 6.07) is 13.1. The molecule has 7 nitrogen and oxygen atoms in total. The Kier molecular flexibility index (Phi) is 7.64. The number of urea groups is 1. The maximum Gasteiger partial charge on any atom is 0.322 e. The Balaban J connectivity index is 1.71. The zero-order valence-corrected chi connectivity index (χ0v) is 20.2. The third-order valence-electron chi connectivity index (χ3n) is 5.68. The molecule has 1 atom stereocenters. The highest BCUT2D eigenvalue weighted by molar-refractivity contribution is 7.98. The summed E-state index contributed by atoms with van der Waals surface area (Å²) in [6.45, 7) is 5.46. The molecule has 2 amide bonds. The Bertz CT molecular complexity index is 1160. The molecule has 0 radical (unpaired) electrons. The van der Waals surface area contributed by atoms with Gasteiger partial charge in [-0.05, 0) is 68.5 Å². The normalized spacial score (nSPS) is 16.2. The molecule has 1 aliphatic rings. The molecular weight excluding hydrogens is 455 g/mol. The van der Waals surface area contributed by atoms with E-state index in [1.54, 1.807) is 28.8 Å². The van der Waals surface area contributed by atoms with E-state index in [4.69, 9.17) is 9.26 Å². The van der Waals surface area contributed by atoms with E-state index in [0.717, 1.165) is 16.0 Å². The van der Waals surface area contributed by atoms with Crippen LogP contribution in [0.2, 0.25) is 0 Å². The first-order chi connectivity index (χ1) is 16.5. The summed E-state index contributed by atoms with van der Waals surface area (Å²) in [5, 5.41) is 7.21. The highest BCUT2D eigenvalue weighted by Gasteiger charge is 2.35. The summed E-state index contributed by atoms with van der Waals surface area (Å²) in [6.07, 6.45) is 2.70. The van der Waals surface area contributed by atoms with Gasteiger partial charge in [0, 0.05) is 35.9 Å². The summed E-state index contributed by atoms with van der Waals surface area (Å²) < 4.78 is 24.7. The summed E-state index contributed by atoms with van der Waals surface area (Å²) >= 11 is 1.66. The molecule has 0 bridgehead atoms. The largest absolute Gasteiger partial charge is 0.382 e. The van der Waals surface area contributed by atoms with E-state index in [9.17, 15) is 9.18 Å². The lowest BCUT2D eigenvalue weighted by molar-refractivity contribution is 0.136. The van der Waals surface area contributed by atoms with Crippen molar-refractivity contribution in [1.82, 2.24) is 20.4 Å². The lowest BCUT2D eigenvalue weighted by Crippen LogP contribution is -2.46. The maximum absolute atomic E-state index is 13.6. The monoisotopic (exact) mass is 482 g/mol. The van der Waals surface area contributed by atoms with Crippen LogP contribution >= 0.6 is 11.8 Å². The molecule has 2 heterocycles. The van der Waals surface area contributed by atoms with E-state index in [-0.39, 0.29) is 11.8 Å². The number of halogens is 1. The summed E-state index contributed by atoms with van der Waals surface area (Å²) in [5.74, 6) is 0.422. The Morgan fingerprint density at radius 1 is 1.18 bits per heavy atom. The quantitative estimate of drug-likeness (QED) is 0.319. The zero-order chi connectivity index (χ0) is 24.1. The highest BCUT2D eigenvalue weighted by Crippen LogP contribution is 2.37. The lowest BCUT2D eigenvalue weighted by atomic mass is 9.94. The van der Waals surface area contributed by atoms with Crippen LogP contribution in [0.5, 0.6) is 0 Å². The van der Waals surface area contributed by atoms with E-state index < -0.39 is 6.04 Å². The van der Waals surface area contributed by atoms with E-state index in [1.165, 1.54) is 12.1 Å². The van der Waals surface area contributed by atoms with Crippen LogP contribution in [0.25, 0.3) is 17.0 Å². The first kappa shape index (κ1) is 24.0. The SMILES string of the molecule is CCOCCCN1C(=O)NC(c2ccc(F)cc2)C(c2nc(-c3ccc(SC)cc3)no2)=C1C. The summed E-state index contributed by atoms with van der Waals surface area (Å²) in [5.41, 5.74) is 2.95. The molecule has 3 aromatic rings. The van der Waals surface area contributed by atoms with Crippen LogP contribution in [-0.4, -0.2) is 47.1 Å². The Hall–Kier alpha value is -3.17. The molecule has 0 aliphatic carbocycles. The predicted octanol–water partition coefficient (Wildman–Crippen LogP) is 5.52. The van der Waals surface area contributed by atoms with Crippen molar-refractivity contribution in [3.8, 4) is 11.4 Å². The van der Waals surface area contributed by atoms with Crippen LogP contribution < -0.4 is 5.32 Å². The molecule has 1 N–H and O–H groups in total. The Labute approximate surface area is 202 Å². The molecule has 0 fully saturated rings. The van der Waals surface area contributed by atoms with Crippen molar-refractivity contribution in [1.29, 1.82) is 0 Å². The number of carbonyl (C=O) groups excluding carboxylic acids is 1. The zero-order valence-electron chi connectivity index (χ0n) is 19.4. The van der Waals surface area contributed by atoms with Crippen LogP contribution in [0, 0.1) is 5.82 Å². The number of nitrogens with zero attached hydrogens (tertiary/aromatic N) is 3. The number of hydrogen-bond donors (Lipinski definition) is 1. The molecular formula is C25H27FN4O3S. The van der Waals surface area contributed by atoms with Gasteiger partial charge in [-0.2, -0.15) is 4.98 Å². The average molecular weight is 483 g/mol. The topological polar surface area (TPSA) is 80.5 Å². The van der Waals surface area contributed by atoms with Gasteiger partial charge in [0.25, 0.3) is 5.89 Å². The van der Waals surface area contributed by atoms with Gasteiger partial charge in [0.2, 0.25) is 5.82 Å². The van der Waals surface area contributed by atoms with Gasteiger partial charge in [0.05, 0.1) is 11.6 Å². The molecule has 1 aliphatic heterocycles. The standard InChI is InChI=1S/C25H27FN4O3S/c1-4-32-15-5-14-30-16(2)21(22(27-25(30)31)17-6-10-19(26)11-7-17)24-28-23(29-33-24)18-8-12-20(34-3)13-9-18/h6-13,22H,4-5,14-15H2,1-3H3,(H,27,31). The van der Waals surface area contributed by atoms with Gasteiger partial charge in [-0.15, -0.1) is 11.8 Å². The summed E-state index contributed by atoms with van der Waals surface area (Å²) in [4.78, 5) is 20.4. The van der Waals surface area contributed by atoms with Gasteiger partial charge in [0.1, 0.15) is 5.82 Å². The number of aromatic nitrogens is 2. The predicted molar refractivity (Wildman–Crippen MR) is 130 cm³/mol. The number of amides is 2. The molecule has 178 valence electrons. The second-order valence-corrected chi connectivity index (χ2v) is 8.67. The van der Waals surface area contributed by atoms with Crippen LogP contribution in [0.3, 0.4) is 0 Å². The van der Waals surface area contributed by atoms with E-state index in [1.807, 2.05) is 44.4 Å². The number of allylic oxidation sites excluding steroid dienone is 1. The number of benzene rings is 2. The van der Waals surface area contributed by atoms with Gasteiger partial charge in [-0.25, -0.2) is 9.18 Å². The third kappa shape index (κ3) is 5.15. The van der Waals surface area contributed by atoms with Crippen molar-refractivity contribution in [2.45, 2.75) is 31.2 Å². The van der Waals surface area contributed by atoms with Gasteiger partial charge >= 0.3 is 6.03 Å². The second-order valence-electron chi connectivity index (χ2n) is 7.79. The molecule has 1 unspecified atom stereocenters. The van der Waals surface area contributed by atoms with Crippen LogP contribution in [0.4, 0.5) is 9.18 Å². The Morgan fingerprint density at radius 2 is 1.91 bits per heavy atom. The number of rotatable bonds is 9. The molecule has 4 rings (SSSR count). The minimum atomic E-state index is -0.552. The van der Waals surface area contributed by atoms with Crippen molar-refractivity contribution in [2.75, 3.05) is 26.0 Å². The first-order valence-electron chi connectivity index (χ1n) is 11.1. The summed E-state index contributed by atoms with van der Waals surface area (Å²) in [7, 11) is 0. The fraction of sp³-hybridized carbons (Fsp3) is 0.320. The van der Waals surface area contributed by atoms with Crippen molar-refractivity contribution in [3.63, 3.8) is 0 Å². The fourth-order valence-corrected chi connectivity index (χ4v) is 4.30. The van der Waals surface area contributed by atoms with Crippen molar-refractivity contribution in [3.05, 3.63) is 71.5 Å². The third-order valence-corrected chi connectivity index (χ3v) is 6.42. The van der Waals surface area contributed by atoms with E-state index in [0.29, 0.717) is 49.2 Å². The smallest absolute Gasteiger partial charge is 0.322 e. The van der Waals surface area contributed by atoms with Gasteiger partial charge < -0.3 is 14.6 Å². The van der Waals surface area contributed by atoms with Crippen LogP contribution in [-0.2, 0) is 4.74 Å².